The molecule has 25 heavy (non-hydrogen) atoms. The van der Waals surface area contributed by atoms with Crippen LogP contribution in [0.5, 0.6) is 0 Å². The summed E-state index contributed by atoms with van der Waals surface area (Å²) < 4.78 is 23.9. The molecule has 0 unspecified atom stereocenters. The molecule has 1 aromatic rings. The van der Waals surface area contributed by atoms with Crippen molar-refractivity contribution in [2.75, 3.05) is 26.3 Å². The van der Waals surface area contributed by atoms with E-state index in [1.807, 2.05) is 19.9 Å². The largest absolute Gasteiger partial charge is 0.405 e. The average molecular weight is 366 g/mol. The lowest BCUT2D eigenvalue weighted by molar-refractivity contribution is 0.121. The maximum absolute atomic E-state index is 13.0. The van der Waals surface area contributed by atoms with Gasteiger partial charge in [-0.15, -0.1) is 0 Å². The van der Waals surface area contributed by atoms with Crippen molar-refractivity contribution in [3.05, 3.63) is 35.9 Å². The van der Waals surface area contributed by atoms with E-state index in [1.165, 1.54) is 18.4 Å². The van der Waals surface area contributed by atoms with Gasteiger partial charge in [-0.3, -0.25) is 13.9 Å². The minimum Gasteiger partial charge on any atom is -0.298 e. The Morgan fingerprint density at radius 1 is 1.12 bits per heavy atom. The van der Waals surface area contributed by atoms with E-state index in [1.54, 1.807) is 0 Å². The molecule has 0 amide bonds. The lowest BCUT2D eigenvalue weighted by atomic mass is 9.88. The highest BCUT2D eigenvalue weighted by Gasteiger charge is 2.42. The van der Waals surface area contributed by atoms with Gasteiger partial charge in [0.25, 0.3) is 0 Å². The molecule has 0 radical (unpaired) electrons. The average Bonchev–Trinajstić information content (AvgIpc) is 3.41. The minimum absolute atomic E-state index is 0.161. The number of piperidine rings is 1. The minimum atomic E-state index is -3.22. The zero-order valence-electron chi connectivity index (χ0n) is 15.4. The molecular weight excluding hydrogens is 335 g/mol. The van der Waals surface area contributed by atoms with Crippen molar-refractivity contribution in [3.8, 4) is 0 Å². The van der Waals surface area contributed by atoms with Crippen LogP contribution >= 0.6 is 7.75 Å². The molecule has 0 bridgehead atoms. The van der Waals surface area contributed by atoms with Crippen molar-refractivity contribution in [1.29, 1.82) is 0 Å². The van der Waals surface area contributed by atoms with Gasteiger partial charge in [0.2, 0.25) is 0 Å². The molecule has 1 saturated heterocycles. The van der Waals surface area contributed by atoms with Crippen LogP contribution in [0.15, 0.2) is 30.3 Å². The van der Waals surface area contributed by atoms with E-state index in [9.17, 15) is 4.57 Å². The molecule has 1 heterocycles. The summed E-state index contributed by atoms with van der Waals surface area (Å²) >= 11 is 0. The summed E-state index contributed by atoms with van der Waals surface area (Å²) in [5, 5.41) is 3.29. The third-order valence-corrected chi connectivity index (χ3v) is 6.99. The molecule has 0 spiro atoms. The number of hydrogen-bond acceptors (Lipinski definition) is 4. The van der Waals surface area contributed by atoms with E-state index in [-0.39, 0.29) is 6.04 Å². The third-order valence-electron chi connectivity index (χ3n) is 5.15. The zero-order chi connectivity index (χ0) is 17.7. The van der Waals surface area contributed by atoms with Gasteiger partial charge in [0.05, 0.1) is 13.2 Å². The summed E-state index contributed by atoms with van der Waals surface area (Å²) in [6, 6.07) is 10.7. The third kappa shape index (κ3) is 5.38. The van der Waals surface area contributed by atoms with Gasteiger partial charge in [0, 0.05) is 19.1 Å². The second-order valence-electron chi connectivity index (χ2n) is 7.08. The van der Waals surface area contributed by atoms with Crippen molar-refractivity contribution in [2.45, 2.75) is 45.7 Å². The Kier molecular flexibility index (Phi) is 6.70. The van der Waals surface area contributed by atoms with E-state index in [2.05, 4.69) is 34.3 Å². The van der Waals surface area contributed by atoms with Crippen molar-refractivity contribution >= 4 is 7.75 Å². The van der Waals surface area contributed by atoms with Gasteiger partial charge >= 0.3 is 7.75 Å². The summed E-state index contributed by atoms with van der Waals surface area (Å²) in [7, 11) is -3.22. The normalized spacial score (nSPS) is 25.2. The molecule has 1 saturated carbocycles. The number of hydrogen-bond donors (Lipinski definition) is 1. The number of nitrogens with zero attached hydrogens (tertiary/aromatic N) is 1. The number of benzene rings is 1. The molecule has 0 aromatic heterocycles. The van der Waals surface area contributed by atoms with Crippen LogP contribution in [0.4, 0.5) is 0 Å². The first-order valence-electron chi connectivity index (χ1n) is 9.56. The van der Waals surface area contributed by atoms with Gasteiger partial charge in [-0.2, -0.15) is 0 Å². The van der Waals surface area contributed by atoms with Gasteiger partial charge in [-0.1, -0.05) is 30.3 Å². The smallest absolute Gasteiger partial charge is 0.298 e. The first kappa shape index (κ1) is 19.1. The molecule has 5 nitrogen and oxygen atoms in total. The molecule has 1 aromatic carbocycles. The number of likely N-dealkylation sites (tertiary alicyclic amines) is 1. The monoisotopic (exact) mass is 366 g/mol. The molecule has 1 N–H and O–H groups in total. The van der Waals surface area contributed by atoms with Crippen molar-refractivity contribution in [1.82, 2.24) is 9.99 Å². The predicted molar refractivity (Wildman–Crippen MR) is 100 cm³/mol. The van der Waals surface area contributed by atoms with Crippen LogP contribution < -0.4 is 5.09 Å². The second kappa shape index (κ2) is 8.79. The Morgan fingerprint density at radius 2 is 1.80 bits per heavy atom. The standard InChI is InChI=1S/C19H31N2O3P/c1-3-23-25(22,24-4-2)20-19-15-21(13-12-18(19)17-10-11-17)14-16-8-6-5-7-9-16/h5-9,17-19H,3-4,10-15H2,1-2H3,(H,20,22)/t18-,19+/m0/s1. The lowest BCUT2D eigenvalue weighted by Crippen LogP contribution is -2.50. The quantitative estimate of drug-likeness (QED) is 0.668. The fraction of sp³-hybridized carbons (Fsp3) is 0.684. The lowest BCUT2D eigenvalue weighted by Gasteiger charge is -2.40. The molecule has 1 aliphatic heterocycles. The van der Waals surface area contributed by atoms with Gasteiger partial charge in [-0.05, 0) is 57.1 Å². The molecular formula is C19H31N2O3P. The molecule has 6 heteroatoms. The van der Waals surface area contributed by atoms with Gasteiger partial charge in [0.1, 0.15) is 0 Å². The molecule has 2 atom stereocenters. The number of nitrogens with one attached hydrogen (secondary N) is 1. The summed E-state index contributed by atoms with van der Waals surface area (Å²) in [6.45, 7) is 7.41. The SMILES string of the molecule is CCOP(=O)(N[C@@H]1CN(Cc2ccccc2)CC[C@H]1C1CC1)OCC. The van der Waals surface area contributed by atoms with Gasteiger partial charge in [0.15, 0.2) is 0 Å². The topological polar surface area (TPSA) is 50.8 Å². The summed E-state index contributed by atoms with van der Waals surface area (Å²) in [5.41, 5.74) is 1.32. The summed E-state index contributed by atoms with van der Waals surface area (Å²) in [6.07, 6.45) is 3.75. The summed E-state index contributed by atoms with van der Waals surface area (Å²) in [5.74, 6) is 1.34. The highest BCUT2D eigenvalue weighted by Crippen LogP contribution is 2.48. The first-order chi connectivity index (χ1) is 12.1. The molecule has 3 rings (SSSR count). The highest BCUT2D eigenvalue weighted by atomic mass is 31.2. The fourth-order valence-corrected chi connectivity index (χ4v) is 5.49. The molecule has 2 aliphatic rings. The van der Waals surface area contributed by atoms with Crippen LogP contribution in [-0.2, 0) is 20.2 Å². The highest BCUT2D eigenvalue weighted by molar-refractivity contribution is 7.51. The van der Waals surface area contributed by atoms with Gasteiger partial charge in [-0.25, -0.2) is 9.65 Å². The maximum Gasteiger partial charge on any atom is 0.405 e. The Morgan fingerprint density at radius 3 is 2.40 bits per heavy atom. The fourth-order valence-electron chi connectivity index (χ4n) is 3.90. The van der Waals surface area contributed by atoms with Crippen molar-refractivity contribution in [2.24, 2.45) is 11.8 Å². The Balaban J connectivity index is 1.67. The van der Waals surface area contributed by atoms with E-state index in [0.717, 1.165) is 32.0 Å². The Hall–Kier alpha value is -0.710. The Bertz CT molecular complexity index is 569. The van der Waals surface area contributed by atoms with Crippen LogP contribution in [0.25, 0.3) is 0 Å². The van der Waals surface area contributed by atoms with E-state index < -0.39 is 7.75 Å². The van der Waals surface area contributed by atoms with Crippen LogP contribution in [-0.4, -0.2) is 37.2 Å². The van der Waals surface area contributed by atoms with Crippen LogP contribution in [0, 0.1) is 11.8 Å². The summed E-state index contributed by atoms with van der Waals surface area (Å²) in [4.78, 5) is 2.45. The van der Waals surface area contributed by atoms with Crippen molar-refractivity contribution < 1.29 is 13.6 Å². The molecule has 1 aliphatic carbocycles. The van der Waals surface area contributed by atoms with E-state index in [4.69, 9.17) is 9.05 Å². The van der Waals surface area contributed by atoms with Crippen LogP contribution in [0.1, 0.15) is 38.7 Å². The molecule has 140 valence electrons. The zero-order valence-corrected chi connectivity index (χ0v) is 16.3. The van der Waals surface area contributed by atoms with Crippen LogP contribution in [0.3, 0.4) is 0 Å². The van der Waals surface area contributed by atoms with Crippen LogP contribution in [0.2, 0.25) is 0 Å². The first-order valence-corrected chi connectivity index (χ1v) is 11.1. The van der Waals surface area contributed by atoms with Gasteiger partial charge < -0.3 is 0 Å². The Labute approximate surface area is 151 Å². The number of rotatable bonds is 9. The molecule has 2 fully saturated rings. The van der Waals surface area contributed by atoms with E-state index in [0.29, 0.717) is 19.1 Å². The van der Waals surface area contributed by atoms with E-state index >= 15 is 0 Å². The second-order valence-corrected chi connectivity index (χ2v) is 8.85. The van der Waals surface area contributed by atoms with Crippen molar-refractivity contribution in [3.63, 3.8) is 0 Å². The predicted octanol–water partition coefficient (Wildman–Crippen LogP) is 4.06. The maximum atomic E-state index is 13.0.